The molecular weight excluding hydrogens is 328 g/mol. The lowest BCUT2D eigenvalue weighted by molar-refractivity contribution is -0.384. The van der Waals surface area contributed by atoms with Crippen molar-refractivity contribution >= 4 is 39.2 Å². The second kappa shape index (κ2) is 5.28. The number of nitrogens with zero attached hydrogens (tertiary/aromatic N) is 4. The standard InChI is InChI=1S/C17H11ClN4O2/c1-21-16-7-5-12(22(23)24)9-15(16)20-17(21)13-6-3-10-2-4-11(18)8-14(10)19-13/h2-9H,1H3. The van der Waals surface area contributed by atoms with E-state index in [9.17, 15) is 10.1 Å². The summed E-state index contributed by atoms with van der Waals surface area (Å²) in [5.74, 6) is 0.646. The Balaban J connectivity index is 1.92. The predicted molar refractivity (Wildman–Crippen MR) is 93.1 cm³/mol. The van der Waals surface area contributed by atoms with Gasteiger partial charge in [0.1, 0.15) is 5.69 Å². The van der Waals surface area contributed by atoms with Crippen LogP contribution in [0.15, 0.2) is 48.5 Å². The highest BCUT2D eigenvalue weighted by atomic mass is 35.5. The van der Waals surface area contributed by atoms with E-state index in [0.29, 0.717) is 22.1 Å². The number of nitro groups is 1. The van der Waals surface area contributed by atoms with Crippen LogP contribution in [0.3, 0.4) is 0 Å². The first-order valence-corrected chi connectivity index (χ1v) is 7.58. The van der Waals surface area contributed by atoms with Crippen molar-refractivity contribution in [2.24, 2.45) is 7.05 Å². The summed E-state index contributed by atoms with van der Waals surface area (Å²) in [6, 6.07) is 14.0. The van der Waals surface area contributed by atoms with Crippen molar-refractivity contribution in [1.29, 1.82) is 0 Å². The third-order valence-electron chi connectivity index (χ3n) is 3.96. The molecule has 0 unspecified atom stereocenters. The highest BCUT2D eigenvalue weighted by Gasteiger charge is 2.15. The van der Waals surface area contributed by atoms with Crippen molar-refractivity contribution in [3.8, 4) is 11.5 Å². The summed E-state index contributed by atoms with van der Waals surface area (Å²) in [6.07, 6.45) is 0. The Morgan fingerprint density at radius 3 is 2.62 bits per heavy atom. The van der Waals surface area contributed by atoms with Gasteiger partial charge in [0.25, 0.3) is 5.69 Å². The Bertz CT molecular complexity index is 1120. The van der Waals surface area contributed by atoms with Gasteiger partial charge in [-0.1, -0.05) is 23.7 Å². The Kier molecular flexibility index (Phi) is 3.21. The van der Waals surface area contributed by atoms with E-state index in [4.69, 9.17) is 11.6 Å². The minimum Gasteiger partial charge on any atom is -0.326 e. The van der Waals surface area contributed by atoms with Crippen LogP contribution in [0, 0.1) is 10.1 Å². The monoisotopic (exact) mass is 338 g/mol. The van der Waals surface area contributed by atoms with Crippen LogP contribution >= 0.6 is 11.6 Å². The lowest BCUT2D eigenvalue weighted by Crippen LogP contribution is -1.95. The molecule has 0 spiro atoms. The van der Waals surface area contributed by atoms with Crippen LogP contribution in [0.1, 0.15) is 0 Å². The summed E-state index contributed by atoms with van der Waals surface area (Å²) in [5, 5.41) is 12.5. The molecule has 0 N–H and O–H groups in total. The predicted octanol–water partition coefficient (Wildman–Crippen LogP) is 4.35. The number of aryl methyl sites for hydroxylation is 1. The summed E-state index contributed by atoms with van der Waals surface area (Å²) in [7, 11) is 1.86. The zero-order chi connectivity index (χ0) is 16.8. The van der Waals surface area contributed by atoms with E-state index in [-0.39, 0.29) is 5.69 Å². The first-order chi connectivity index (χ1) is 11.5. The smallest absolute Gasteiger partial charge is 0.271 e. The van der Waals surface area contributed by atoms with Crippen LogP contribution in [-0.4, -0.2) is 19.5 Å². The molecule has 2 aromatic heterocycles. The van der Waals surface area contributed by atoms with Crippen LogP contribution in [-0.2, 0) is 7.05 Å². The number of fused-ring (bicyclic) bond motifs is 2. The quantitative estimate of drug-likeness (QED) is 0.402. The minimum absolute atomic E-state index is 0.0189. The van der Waals surface area contributed by atoms with Crippen molar-refractivity contribution in [1.82, 2.24) is 14.5 Å². The Morgan fingerprint density at radius 2 is 1.83 bits per heavy atom. The molecule has 0 amide bonds. The largest absolute Gasteiger partial charge is 0.326 e. The molecule has 0 aliphatic heterocycles. The summed E-state index contributed by atoms with van der Waals surface area (Å²) in [5.41, 5.74) is 2.85. The fraction of sp³-hybridized carbons (Fsp3) is 0.0588. The molecule has 0 aliphatic carbocycles. The second-order valence-corrected chi connectivity index (χ2v) is 5.89. The Morgan fingerprint density at radius 1 is 1.04 bits per heavy atom. The molecule has 0 saturated carbocycles. The van der Waals surface area contributed by atoms with E-state index >= 15 is 0 Å². The average molecular weight is 339 g/mol. The second-order valence-electron chi connectivity index (χ2n) is 5.46. The molecule has 0 radical (unpaired) electrons. The third-order valence-corrected chi connectivity index (χ3v) is 4.19. The molecule has 118 valence electrons. The van der Waals surface area contributed by atoms with Gasteiger partial charge in [0.05, 0.1) is 21.5 Å². The number of rotatable bonds is 2. The van der Waals surface area contributed by atoms with Crippen LogP contribution < -0.4 is 0 Å². The fourth-order valence-electron chi connectivity index (χ4n) is 2.75. The fourth-order valence-corrected chi connectivity index (χ4v) is 2.91. The van der Waals surface area contributed by atoms with Gasteiger partial charge in [-0.15, -0.1) is 0 Å². The van der Waals surface area contributed by atoms with Crippen LogP contribution in [0.4, 0.5) is 5.69 Å². The molecule has 0 saturated heterocycles. The lowest BCUT2D eigenvalue weighted by atomic mass is 10.2. The van der Waals surface area contributed by atoms with E-state index in [1.165, 1.54) is 12.1 Å². The Labute approximate surface area is 141 Å². The van der Waals surface area contributed by atoms with Gasteiger partial charge in [-0.05, 0) is 24.3 Å². The summed E-state index contributed by atoms with van der Waals surface area (Å²) >= 11 is 6.03. The normalized spacial score (nSPS) is 11.2. The maximum atomic E-state index is 10.9. The number of halogens is 1. The van der Waals surface area contributed by atoms with E-state index < -0.39 is 4.92 Å². The lowest BCUT2D eigenvalue weighted by Gasteiger charge is -2.04. The highest BCUT2D eigenvalue weighted by Crippen LogP contribution is 2.27. The number of imidazole rings is 1. The number of pyridine rings is 1. The molecule has 6 nitrogen and oxygen atoms in total. The molecule has 4 rings (SSSR count). The molecule has 0 atom stereocenters. The van der Waals surface area contributed by atoms with E-state index in [1.54, 1.807) is 12.1 Å². The number of hydrogen-bond acceptors (Lipinski definition) is 4. The van der Waals surface area contributed by atoms with E-state index in [1.807, 2.05) is 35.9 Å². The van der Waals surface area contributed by atoms with Crippen molar-refractivity contribution < 1.29 is 4.92 Å². The zero-order valence-electron chi connectivity index (χ0n) is 12.6. The minimum atomic E-state index is -0.427. The summed E-state index contributed by atoms with van der Waals surface area (Å²) < 4.78 is 1.87. The van der Waals surface area contributed by atoms with E-state index in [0.717, 1.165) is 16.4 Å². The molecule has 24 heavy (non-hydrogen) atoms. The van der Waals surface area contributed by atoms with Crippen LogP contribution in [0.5, 0.6) is 0 Å². The molecule has 2 heterocycles. The van der Waals surface area contributed by atoms with Gasteiger partial charge in [-0.2, -0.15) is 0 Å². The van der Waals surface area contributed by atoms with Crippen LogP contribution in [0.2, 0.25) is 5.02 Å². The SMILES string of the molecule is Cn1c(-c2ccc3ccc(Cl)cc3n2)nc2cc([N+](=O)[O-])ccc21. The Hall–Kier alpha value is -2.99. The maximum absolute atomic E-state index is 10.9. The van der Waals surface area contributed by atoms with Gasteiger partial charge < -0.3 is 4.57 Å². The van der Waals surface area contributed by atoms with E-state index in [2.05, 4.69) is 9.97 Å². The first kappa shape index (κ1) is 14.6. The number of non-ortho nitro benzene ring substituents is 1. The average Bonchev–Trinajstić information content (AvgIpc) is 2.90. The van der Waals surface area contributed by atoms with Gasteiger partial charge in [-0.3, -0.25) is 10.1 Å². The van der Waals surface area contributed by atoms with Gasteiger partial charge in [0.2, 0.25) is 0 Å². The highest BCUT2D eigenvalue weighted by molar-refractivity contribution is 6.31. The van der Waals surface area contributed by atoms with Gasteiger partial charge in [0, 0.05) is 29.6 Å². The third kappa shape index (κ3) is 2.28. The molecular formula is C17H11ClN4O2. The first-order valence-electron chi connectivity index (χ1n) is 7.20. The van der Waals surface area contributed by atoms with Gasteiger partial charge in [-0.25, -0.2) is 9.97 Å². The maximum Gasteiger partial charge on any atom is 0.271 e. The summed E-state index contributed by atoms with van der Waals surface area (Å²) in [4.78, 5) is 19.6. The zero-order valence-corrected chi connectivity index (χ0v) is 13.4. The van der Waals surface area contributed by atoms with Gasteiger partial charge in [0.15, 0.2) is 5.82 Å². The molecule has 4 aromatic rings. The van der Waals surface area contributed by atoms with Crippen molar-refractivity contribution in [2.45, 2.75) is 0 Å². The van der Waals surface area contributed by atoms with Crippen LogP contribution in [0.25, 0.3) is 33.5 Å². The topological polar surface area (TPSA) is 73.8 Å². The molecule has 0 aliphatic rings. The molecule has 0 fully saturated rings. The van der Waals surface area contributed by atoms with Gasteiger partial charge >= 0.3 is 0 Å². The number of hydrogen-bond donors (Lipinski definition) is 0. The van der Waals surface area contributed by atoms with Crippen molar-refractivity contribution in [3.05, 3.63) is 63.7 Å². The van der Waals surface area contributed by atoms with Crippen molar-refractivity contribution in [2.75, 3.05) is 0 Å². The van der Waals surface area contributed by atoms with Crippen molar-refractivity contribution in [3.63, 3.8) is 0 Å². The number of aromatic nitrogens is 3. The number of benzene rings is 2. The molecule has 7 heteroatoms. The summed E-state index contributed by atoms with van der Waals surface area (Å²) in [6.45, 7) is 0. The molecule has 0 bridgehead atoms. The molecule has 2 aromatic carbocycles. The number of nitro benzene ring substituents is 1.